The van der Waals surface area contributed by atoms with Crippen LogP contribution in [0, 0.1) is 0 Å². The van der Waals surface area contributed by atoms with Crippen molar-refractivity contribution >= 4 is 71.0 Å². The smallest absolute Gasteiger partial charge is 0.382 e. The van der Waals surface area contributed by atoms with E-state index in [0.717, 1.165) is 0 Å². The van der Waals surface area contributed by atoms with E-state index in [1.54, 1.807) is 12.1 Å². The van der Waals surface area contributed by atoms with Crippen molar-refractivity contribution in [3.05, 3.63) is 48.6 Å². The van der Waals surface area contributed by atoms with Crippen LogP contribution < -0.4 is 11.5 Å². The average molecular weight is 715 g/mol. The molecule has 3 saturated heterocycles. The molecule has 7 rings (SSSR count). The number of hydrogen-bond acceptors (Lipinski definition) is 17. The highest BCUT2D eigenvalue weighted by Crippen LogP contribution is 2.65. The standard InChI is InChI=1S/C23H22FN9O9P2S2/c1-9-12-6-38-44(36,46-45)42-18-13(40-22(14(18)24)32-8-29-16-19(25)27-7-28-21(16)32)5-37-43(35)41-17(9)23(39-12)33-11-4-2-3-10(20(26)34)15(11)30-31-33/h2-4,7-8,12-14,17-18,22-23H,1,5-6H2,(H4-,25,26,27,28,34,45)/p+1/t12-,13-,14-,17-,18-,22-,23-,44-/m1/s1. The molecule has 0 radical (unpaired) electrons. The summed E-state index contributed by atoms with van der Waals surface area (Å²) in [6.45, 7) is -1.17. The van der Waals surface area contributed by atoms with Crippen LogP contribution in [0.15, 0.2) is 43.0 Å². The number of imidazole rings is 1. The summed E-state index contributed by atoms with van der Waals surface area (Å²) in [6.07, 6.45) is -7.04. The van der Waals surface area contributed by atoms with Crippen LogP contribution >= 0.6 is 37.1 Å². The molecule has 0 aliphatic carbocycles. The van der Waals surface area contributed by atoms with Gasteiger partial charge in [-0.1, -0.05) is 29.5 Å². The molecule has 242 valence electrons. The first kappa shape index (κ1) is 31.5. The average Bonchev–Trinajstić information content (AvgIpc) is 3.80. The summed E-state index contributed by atoms with van der Waals surface area (Å²) in [7, 11) is -2.50. The van der Waals surface area contributed by atoms with Crippen LogP contribution in [0.25, 0.3) is 22.2 Å². The topological polar surface area (TPSA) is 233 Å². The van der Waals surface area contributed by atoms with Crippen molar-refractivity contribution in [2.24, 2.45) is 5.73 Å². The monoisotopic (exact) mass is 714 g/mol. The summed E-state index contributed by atoms with van der Waals surface area (Å²) in [5, 5.41) is 8.17. The van der Waals surface area contributed by atoms with Crippen LogP contribution in [0.5, 0.6) is 0 Å². The van der Waals surface area contributed by atoms with Crippen molar-refractivity contribution in [3.63, 3.8) is 0 Å². The Hall–Kier alpha value is -3.10. The summed E-state index contributed by atoms with van der Waals surface area (Å²) in [4.78, 5) is 24.1. The second-order valence-electron chi connectivity index (χ2n) is 10.2. The summed E-state index contributed by atoms with van der Waals surface area (Å²) >= 11 is 4.07. The minimum absolute atomic E-state index is 0.0711. The Balaban J connectivity index is 1.20. The molecule has 46 heavy (non-hydrogen) atoms. The van der Waals surface area contributed by atoms with E-state index in [4.69, 9.17) is 39.0 Å². The summed E-state index contributed by atoms with van der Waals surface area (Å²) < 4.78 is 80.3. The Labute approximate surface area is 267 Å². The molecule has 3 aliphatic heterocycles. The molecule has 2 bridgehead atoms. The quantitative estimate of drug-likeness (QED) is 0.119. The van der Waals surface area contributed by atoms with Gasteiger partial charge in [0, 0.05) is 15.0 Å². The van der Waals surface area contributed by atoms with Gasteiger partial charge < -0.3 is 20.9 Å². The largest absolute Gasteiger partial charge is 0.698 e. The molecule has 0 saturated carbocycles. The molecular formula is C23H23FN9O9P2S2+. The van der Waals surface area contributed by atoms with Crippen molar-refractivity contribution in [2.75, 3.05) is 18.9 Å². The molecule has 6 heterocycles. The number of nitrogen functional groups attached to an aromatic ring is 1. The van der Waals surface area contributed by atoms with E-state index in [0.29, 0.717) is 15.9 Å². The van der Waals surface area contributed by atoms with Crippen LogP contribution in [0.4, 0.5) is 10.2 Å². The summed E-state index contributed by atoms with van der Waals surface area (Å²) in [5.74, 6) is -0.648. The van der Waals surface area contributed by atoms with Crippen molar-refractivity contribution < 1.29 is 45.9 Å². The van der Waals surface area contributed by atoms with E-state index in [2.05, 4.69) is 43.5 Å². The highest BCUT2D eigenvalue weighted by atomic mass is 33.3. The normalized spacial score (nSPS) is 33.0. The second-order valence-corrected chi connectivity index (χ2v) is 15.9. The number of primary amides is 1. The number of aromatic nitrogens is 7. The molecule has 18 nitrogen and oxygen atoms in total. The fourth-order valence-corrected chi connectivity index (χ4v) is 8.65. The number of nitrogens with two attached hydrogens (primary N) is 2. The molecule has 3 aliphatic rings. The van der Waals surface area contributed by atoms with Gasteiger partial charge in [-0.25, -0.2) is 28.6 Å². The lowest BCUT2D eigenvalue weighted by Crippen LogP contribution is -2.33. The third-order valence-corrected chi connectivity index (χ3v) is 12.5. The van der Waals surface area contributed by atoms with Gasteiger partial charge in [-0.05, 0) is 17.7 Å². The number of halogens is 1. The minimum Gasteiger partial charge on any atom is -0.382 e. The number of anilines is 1. The van der Waals surface area contributed by atoms with Gasteiger partial charge in [0.1, 0.15) is 42.3 Å². The Morgan fingerprint density at radius 1 is 1.20 bits per heavy atom. The molecule has 1 aromatic carbocycles. The van der Waals surface area contributed by atoms with E-state index in [1.807, 2.05) is 0 Å². The zero-order valence-electron chi connectivity index (χ0n) is 23.1. The van der Waals surface area contributed by atoms with Crippen LogP contribution in [-0.4, -0.2) is 84.2 Å². The van der Waals surface area contributed by atoms with Crippen molar-refractivity contribution in [1.82, 2.24) is 34.5 Å². The predicted octanol–water partition coefficient (Wildman–Crippen LogP) is 2.80. The lowest BCUT2D eigenvalue weighted by atomic mass is 10.1. The van der Waals surface area contributed by atoms with E-state index in [9.17, 15) is 13.9 Å². The third kappa shape index (κ3) is 5.39. The molecular weight excluding hydrogens is 691 g/mol. The van der Waals surface area contributed by atoms with Crippen molar-refractivity contribution in [2.45, 2.75) is 43.0 Å². The number of benzene rings is 1. The van der Waals surface area contributed by atoms with Gasteiger partial charge in [0.25, 0.3) is 5.91 Å². The summed E-state index contributed by atoms with van der Waals surface area (Å²) in [5.41, 5.74) is 12.6. The lowest BCUT2D eigenvalue weighted by Gasteiger charge is -2.24. The van der Waals surface area contributed by atoms with E-state index < -0.39 is 77.2 Å². The van der Waals surface area contributed by atoms with Gasteiger partial charge in [0.15, 0.2) is 36.2 Å². The Morgan fingerprint density at radius 2 is 2.02 bits per heavy atom. The predicted molar refractivity (Wildman–Crippen MR) is 161 cm³/mol. The van der Waals surface area contributed by atoms with Crippen LogP contribution in [0.1, 0.15) is 22.8 Å². The van der Waals surface area contributed by atoms with Crippen molar-refractivity contribution in [3.8, 4) is 0 Å². The molecule has 23 heteroatoms. The maximum Gasteiger partial charge on any atom is 0.698 e. The van der Waals surface area contributed by atoms with Gasteiger partial charge in [-0.2, -0.15) is 0 Å². The maximum absolute atomic E-state index is 16.1. The molecule has 1 unspecified atom stereocenters. The number of amides is 1. The molecule has 9 atom stereocenters. The number of thiol groups is 1. The number of carbonyl (C=O) groups is 1. The van der Waals surface area contributed by atoms with Gasteiger partial charge in [-0.3, -0.25) is 18.4 Å². The third-order valence-electron chi connectivity index (χ3n) is 7.56. The number of hydrogen-bond donors (Lipinski definition) is 3. The molecule has 0 spiro atoms. The van der Waals surface area contributed by atoms with Crippen molar-refractivity contribution in [1.29, 1.82) is 0 Å². The first-order valence-electron chi connectivity index (χ1n) is 13.3. The second kappa shape index (κ2) is 12.2. The highest BCUT2D eigenvalue weighted by Gasteiger charge is 2.54. The van der Waals surface area contributed by atoms with Gasteiger partial charge >= 0.3 is 15.1 Å². The van der Waals surface area contributed by atoms with Crippen LogP contribution in [-0.2, 0) is 36.7 Å². The Bertz CT molecular complexity index is 1930. The highest BCUT2D eigenvalue weighted by molar-refractivity contribution is 8.93. The number of fused-ring (bicyclic) bond motifs is 5. The fourth-order valence-electron chi connectivity index (χ4n) is 5.37. The van der Waals surface area contributed by atoms with Crippen LogP contribution in [0.3, 0.4) is 0 Å². The number of alkyl halides is 1. The Morgan fingerprint density at radius 3 is 2.80 bits per heavy atom. The van der Waals surface area contributed by atoms with Gasteiger partial charge in [-0.15, -0.1) is 14.1 Å². The molecule has 4 aromatic rings. The minimum atomic E-state index is -4.22. The zero-order chi connectivity index (χ0) is 32.3. The zero-order valence-corrected chi connectivity index (χ0v) is 26.6. The van der Waals surface area contributed by atoms with Gasteiger partial charge in [0.2, 0.25) is 0 Å². The molecule has 3 fully saturated rings. The lowest BCUT2D eigenvalue weighted by molar-refractivity contribution is -0.0593. The number of rotatable bonds is 4. The Kier molecular flexibility index (Phi) is 8.33. The molecule has 1 amide bonds. The number of carbonyl (C=O) groups excluding carboxylic acids is 1. The SMILES string of the molecule is C=C1[C@H]2O[P+](=O)OC[C@H]3O[C@@H](n4cnc5c(N)ncnc54)[C@H](F)[C@@H]3O[P@](=O)(SS)OC[C@H]1O[C@H]2n1nnc2c(C(N)=O)cccc21. The fraction of sp³-hybridized carbons (Fsp3) is 0.391. The van der Waals surface area contributed by atoms with E-state index in [1.165, 1.54) is 28.0 Å². The van der Waals surface area contributed by atoms with E-state index >= 15 is 4.39 Å². The molecule has 4 N–H and O–H groups in total. The first-order chi connectivity index (χ1) is 22.1. The number of nitrogens with zero attached hydrogens (tertiary/aromatic N) is 7. The summed E-state index contributed by atoms with van der Waals surface area (Å²) in [6, 6.07) is 4.68. The molecule has 3 aromatic heterocycles. The van der Waals surface area contributed by atoms with E-state index in [-0.39, 0.29) is 33.6 Å². The number of ether oxygens (including phenoxy) is 2. The van der Waals surface area contributed by atoms with Gasteiger partial charge in [0.05, 0.1) is 24.0 Å². The first-order valence-corrected chi connectivity index (χ1v) is 18.4. The maximum atomic E-state index is 16.1. The van der Waals surface area contributed by atoms with Crippen LogP contribution in [0.2, 0.25) is 0 Å².